The Labute approximate surface area is 257 Å². The number of furan rings is 1. The maximum atomic E-state index is 6.59. The van der Waals surface area contributed by atoms with Crippen LogP contribution in [0.1, 0.15) is 50.7 Å². The number of para-hydroxylation sites is 2. The van der Waals surface area contributed by atoms with Crippen molar-refractivity contribution in [2.45, 2.75) is 39.5 Å². The van der Waals surface area contributed by atoms with E-state index in [2.05, 4.69) is 141 Å². The largest absolute Gasteiger partial charge is 0.455 e. The van der Waals surface area contributed by atoms with Crippen molar-refractivity contribution in [1.82, 2.24) is 9.55 Å². The highest BCUT2D eigenvalue weighted by molar-refractivity contribution is 6.11. The molecule has 0 amide bonds. The second kappa shape index (κ2) is 10.2. The minimum atomic E-state index is 0.286. The van der Waals surface area contributed by atoms with Gasteiger partial charge in [-0.1, -0.05) is 119 Å². The van der Waals surface area contributed by atoms with Gasteiger partial charge in [-0.15, -0.1) is 0 Å². The molecule has 2 aromatic heterocycles. The van der Waals surface area contributed by atoms with Crippen LogP contribution in [-0.4, -0.2) is 9.55 Å². The van der Waals surface area contributed by atoms with Gasteiger partial charge in [0.05, 0.1) is 22.3 Å². The van der Waals surface area contributed by atoms with E-state index in [0.29, 0.717) is 0 Å². The molecular formula is C41H34N2O. The molecule has 214 valence electrons. The third-order valence-electron chi connectivity index (χ3n) is 8.93. The molecule has 8 rings (SSSR count). The Balaban J connectivity index is 1.55. The fourth-order valence-electron chi connectivity index (χ4n) is 6.78. The Morgan fingerprint density at radius 3 is 2.00 bits per heavy atom. The molecule has 8 aromatic rings. The van der Waals surface area contributed by atoms with E-state index in [4.69, 9.17) is 9.40 Å². The molecule has 3 nitrogen and oxygen atoms in total. The van der Waals surface area contributed by atoms with Gasteiger partial charge in [0.1, 0.15) is 17.0 Å². The lowest BCUT2D eigenvalue weighted by Gasteiger charge is -2.24. The van der Waals surface area contributed by atoms with Gasteiger partial charge >= 0.3 is 0 Å². The first-order valence-corrected chi connectivity index (χ1v) is 15.5. The van der Waals surface area contributed by atoms with Gasteiger partial charge in [-0.2, -0.15) is 0 Å². The molecule has 2 heterocycles. The fourth-order valence-corrected chi connectivity index (χ4v) is 6.78. The smallest absolute Gasteiger partial charge is 0.149 e. The zero-order chi connectivity index (χ0) is 29.9. The van der Waals surface area contributed by atoms with Crippen LogP contribution in [0, 0.1) is 0 Å². The molecule has 0 N–H and O–H groups in total. The van der Waals surface area contributed by atoms with Crippen LogP contribution in [0.15, 0.2) is 126 Å². The van der Waals surface area contributed by atoms with Crippen molar-refractivity contribution in [2.24, 2.45) is 0 Å². The van der Waals surface area contributed by atoms with E-state index in [0.717, 1.165) is 44.4 Å². The molecule has 0 aliphatic heterocycles. The van der Waals surface area contributed by atoms with Gasteiger partial charge in [0, 0.05) is 16.2 Å². The molecular weight excluding hydrogens is 536 g/mol. The average molecular weight is 571 g/mol. The second-order valence-electron chi connectivity index (χ2n) is 12.4. The summed E-state index contributed by atoms with van der Waals surface area (Å²) in [4.78, 5) is 5.41. The van der Waals surface area contributed by atoms with Gasteiger partial charge in [0.25, 0.3) is 0 Å². The normalized spacial score (nSPS) is 12.0. The van der Waals surface area contributed by atoms with Crippen molar-refractivity contribution in [1.29, 1.82) is 0 Å². The van der Waals surface area contributed by atoms with Crippen LogP contribution in [-0.2, 0) is 0 Å². The Morgan fingerprint density at radius 2 is 1.25 bits per heavy atom. The molecule has 0 unspecified atom stereocenters. The van der Waals surface area contributed by atoms with E-state index in [-0.39, 0.29) is 11.8 Å². The molecule has 0 fully saturated rings. The monoisotopic (exact) mass is 570 g/mol. The lowest BCUT2D eigenvalue weighted by atomic mass is 9.88. The van der Waals surface area contributed by atoms with E-state index in [9.17, 15) is 0 Å². The van der Waals surface area contributed by atoms with E-state index >= 15 is 0 Å². The van der Waals surface area contributed by atoms with E-state index < -0.39 is 0 Å². The molecule has 3 heteroatoms. The van der Waals surface area contributed by atoms with Gasteiger partial charge in [0.15, 0.2) is 0 Å². The number of fused-ring (bicyclic) bond motifs is 6. The zero-order valence-electron chi connectivity index (χ0n) is 25.5. The number of hydrogen-bond acceptors (Lipinski definition) is 2. The summed E-state index contributed by atoms with van der Waals surface area (Å²) >= 11 is 0. The topological polar surface area (TPSA) is 31.0 Å². The van der Waals surface area contributed by atoms with E-state index in [1.54, 1.807) is 0 Å². The quantitative estimate of drug-likeness (QED) is 0.206. The fraction of sp³-hybridized carbons (Fsp3) is 0.146. The van der Waals surface area contributed by atoms with Crippen molar-refractivity contribution >= 4 is 43.7 Å². The third-order valence-corrected chi connectivity index (χ3v) is 8.93. The molecule has 0 atom stereocenters. The third kappa shape index (κ3) is 4.07. The van der Waals surface area contributed by atoms with Crippen LogP contribution in [0.3, 0.4) is 0 Å². The SMILES string of the molecule is CC(C)c1cc(-c2ccccc2)cc(C(C)C)c1-n1c(-c2cccc3c2oc2ccccc23)nc2ccc3ccccc3c21. The highest BCUT2D eigenvalue weighted by atomic mass is 16.3. The molecule has 0 radical (unpaired) electrons. The summed E-state index contributed by atoms with van der Waals surface area (Å²) in [5.74, 6) is 1.47. The van der Waals surface area contributed by atoms with Crippen molar-refractivity contribution in [3.8, 4) is 28.2 Å². The summed E-state index contributed by atoms with van der Waals surface area (Å²) in [6, 6.07) is 43.3. The van der Waals surface area contributed by atoms with Crippen LogP contribution in [0.5, 0.6) is 0 Å². The van der Waals surface area contributed by atoms with Crippen LogP contribution in [0.25, 0.3) is 71.9 Å². The summed E-state index contributed by atoms with van der Waals surface area (Å²) in [6.45, 7) is 9.20. The summed E-state index contributed by atoms with van der Waals surface area (Å²) in [7, 11) is 0. The second-order valence-corrected chi connectivity index (χ2v) is 12.4. The number of imidazole rings is 1. The van der Waals surface area contributed by atoms with Crippen molar-refractivity contribution in [3.63, 3.8) is 0 Å². The Bertz CT molecular complexity index is 2310. The summed E-state index contributed by atoms with van der Waals surface area (Å²) in [6.07, 6.45) is 0. The average Bonchev–Trinajstić information content (AvgIpc) is 3.63. The van der Waals surface area contributed by atoms with E-state index in [1.165, 1.54) is 38.7 Å². The highest BCUT2D eigenvalue weighted by Crippen LogP contribution is 2.43. The van der Waals surface area contributed by atoms with E-state index in [1.807, 2.05) is 12.1 Å². The van der Waals surface area contributed by atoms with Crippen LogP contribution >= 0.6 is 0 Å². The van der Waals surface area contributed by atoms with Crippen LogP contribution < -0.4 is 0 Å². The van der Waals surface area contributed by atoms with Gasteiger partial charge in [0.2, 0.25) is 0 Å². The number of aromatic nitrogens is 2. The summed E-state index contributed by atoms with van der Waals surface area (Å²) < 4.78 is 9.03. The number of benzene rings is 6. The predicted molar refractivity (Wildman–Crippen MR) is 185 cm³/mol. The van der Waals surface area contributed by atoms with Crippen molar-refractivity contribution in [3.05, 3.63) is 132 Å². The van der Waals surface area contributed by atoms with Crippen molar-refractivity contribution < 1.29 is 4.42 Å². The summed E-state index contributed by atoms with van der Waals surface area (Å²) in [5.41, 5.74) is 11.2. The number of rotatable bonds is 5. The van der Waals surface area contributed by atoms with Crippen molar-refractivity contribution in [2.75, 3.05) is 0 Å². The standard InChI is InChI=1S/C41H34N2O/c1-25(2)34-23-29(27-13-6-5-7-14-27)24-35(26(3)4)38(34)43-39-30-16-9-8-15-28(30)21-22-36(39)42-41(43)33-19-12-18-32-31-17-10-11-20-37(31)44-40(32)33/h5-26H,1-4H3. The molecule has 0 aliphatic rings. The maximum absolute atomic E-state index is 6.59. The van der Waals surface area contributed by atoms with Crippen LogP contribution in [0.2, 0.25) is 0 Å². The number of nitrogens with zero attached hydrogens (tertiary/aromatic N) is 2. The van der Waals surface area contributed by atoms with Gasteiger partial charge < -0.3 is 4.42 Å². The molecule has 0 aliphatic carbocycles. The molecule has 6 aromatic carbocycles. The lowest BCUT2D eigenvalue weighted by Crippen LogP contribution is -2.09. The summed E-state index contributed by atoms with van der Waals surface area (Å²) in [5, 5.41) is 4.62. The van der Waals surface area contributed by atoms with Crippen LogP contribution in [0.4, 0.5) is 0 Å². The first kappa shape index (κ1) is 26.5. The first-order chi connectivity index (χ1) is 21.5. The minimum absolute atomic E-state index is 0.286. The molecule has 0 bridgehead atoms. The molecule has 0 saturated heterocycles. The molecule has 0 spiro atoms. The van der Waals surface area contributed by atoms with Gasteiger partial charge in [-0.05, 0) is 69.8 Å². The maximum Gasteiger partial charge on any atom is 0.149 e. The van der Waals surface area contributed by atoms with Gasteiger partial charge in [-0.3, -0.25) is 4.57 Å². The molecule has 0 saturated carbocycles. The highest BCUT2D eigenvalue weighted by Gasteiger charge is 2.26. The Morgan fingerprint density at radius 1 is 0.591 bits per heavy atom. The Kier molecular flexibility index (Phi) is 6.16. The Hall–Kier alpha value is -5.15. The lowest BCUT2D eigenvalue weighted by molar-refractivity contribution is 0.669. The first-order valence-electron chi connectivity index (χ1n) is 15.5. The zero-order valence-corrected chi connectivity index (χ0v) is 25.5. The van der Waals surface area contributed by atoms with Gasteiger partial charge in [-0.25, -0.2) is 4.98 Å². The predicted octanol–water partition coefficient (Wildman–Crippen LogP) is 11.7. The molecule has 44 heavy (non-hydrogen) atoms. The number of hydrogen-bond donors (Lipinski definition) is 0. The minimum Gasteiger partial charge on any atom is -0.455 e.